The van der Waals surface area contributed by atoms with Crippen LogP contribution in [-0.4, -0.2) is 50.1 Å². The molecular formula is C21H24Cl2N4O. The highest BCUT2D eigenvalue weighted by molar-refractivity contribution is 6.43. The van der Waals surface area contributed by atoms with Gasteiger partial charge >= 0.3 is 0 Å². The Morgan fingerprint density at radius 2 is 1.82 bits per heavy atom. The van der Waals surface area contributed by atoms with Crippen molar-refractivity contribution in [2.75, 3.05) is 49.9 Å². The molecule has 0 aromatic heterocycles. The number of hydrogen-bond acceptors (Lipinski definition) is 4. The molecule has 0 saturated carbocycles. The molecule has 1 saturated heterocycles. The minimum atomic E-state index is -0.121. The van der Waals surface area contributed by atoms with Crippen LogP contribution < -0.4 is 16.0 Å². The smallest absolute Gasteiger partial charge is 0.251 e. The molecule has 2 aromatic rings. The molecule has 5 nitrogen and oxygen atoms in total. The Hall–Kier alpha value is -2.21. The predicted octanol–water partition coefficient (Wildman–Crippen LogP) is 3.68. The number of nitrogens with two attached hydrogens (primary N) is 1. The SMILES string of the molecule is Nc1cccc(C(=O)NC/C=C/CN2CCN(c3cccc(Cl)c3Cl)CC2)c1. The maximum Gasteiger partial charge on any atom is 0.251 e. The zero-order chi connectivity index (χ0) is 19.9. The van der Waals surface area contributed by atoms with Gasteiger partial charge in [0.05, 0.1) is 15.7 Å². The van der Waals surface area contributed by atoms with Crippen molar-refractivity contribution in [3.8, 4) is 0 Å². The molecule has 1 heterocycles. The van der Waals surface area contributed by atoms with Crippen LogP contribution >= 0.6 is 23.2 Å². The summed E-state index contributed by atoms with van der Waals surface area (Å²) < 4.78 is 0. The molecule has 2 aromatic carbocycles. The van der Waals surface area contributed by atoms with E-state index in [4.69, 9.17) is 28.9 Å². The molecule has 148 valence electrons. The third-order valence-corrected chi connectivity index (χ3v) is 5.51. The van der Waals surface area contributed by atoms with Crippen LogP contribution in [0.3, 0.4) is 0 Å². The van der Waals surface area contributed by atoms with Crippen LogP contribution in [0.5, 0.6) is 0 Å². The Morgan fingerprint density at radius 3 is 2.57 bits per heavy atom. The molecular weight excluding hydrogens is 395 g/mol. The van der Waals surface area contributed by atoms with E-state index < -0.39 is 0 Å². The van der Waals surface area contributed by atoms with Crippen LogP contribution in [0.25, 0.3) is 0 Å². The number of nitrogens with zero attached hydrogens (tertiary/aromatic N) is 2. The Labute approximate surface area is 175 Å². The molecule has 7 heteroatoms. The summed E-state index contributed by atoms with van der Waals surface area (Å²) in [6.45, 7) is 5.04. The average molecular weight is 419 g/mol. The first kappa shape index (κ1) is 20.5. The van der Waals surface area contributed by atoms with Crippen LogP contribution in [0.4, 0.5) is 11.4 Å². The van der Waals surface area contributed by atoms with E-state index in [0.29, 0.717) is 27.8 Å². The lowest BCUT2D eigenvalue weighted by molar-refractivity contribution is 0.0958. The number of carbonyl (C=O) groups is 1. The van der Waals surface area contributed by atoms with E-state index in [1.54, 1.807) is 30.3 Å². The number of amides is 1. The first-order valence-electron chi connectivity index (χ1n) is 9.24. The fourth-order valence-corrected chi connectivity index (χ4v) is 3.56. The van der Waals surface area contributed by atoms with Crippen LogP contribution in [0, 0.1) is 0 Å². The molecule has 0 unspecified atom stereocenters. The van der Waals surface area contributed by atoms with Gasteiger partial charge in [0.1, 0.15) is 0 Å². The van der Waals surface area contributed by atoms with Crippen molar-refractivity contribution in [1.29, 1.82) is 0 Å². The van der Waals surface area contributed by atoms with Crippen molar-refractivity contribution in [2.45, 2.75) is 0 Å². The largest absolute Gasteiger partial charge is 0.399 e. The molecule has 0 spiro atoms. The number of rotatable bonds is 6. The van der Waals surface area contributed by atoms with Gasteiger partial charge in [-0.05, 0) is 30.3 Å². The van der Waals surface area contributed by atoms with Crippen LogP contribution in [0.2, 0.25) is 10.0 Å². The minimum absolute atomic E-state index is 0.121. The second kappa shape index (κ2) is 9.82. The zero-order valence-electron chi connectivity index (χ0n) is 15.6. The standard InChI is InChI=1S/C21H24Cl2N4O/c22-18-7-4-8-19(20(18)23)27-13-11-26(12-14-27)10-2-1-9-25-21(28)16-5-3-6-17(24)15-16/h1-8,15H,9-14,24H2,(H,25,28)/b2-1+. The topological polar surface area (TPSA) is 61.6 Å². The Morgan fingerprint density at radius 1 is 1.07 bits per heavy atom. The van der Waals surface area contributed by atoms with Gasteiger partial charge in [0, 0.05) is 50.5 Å². The molecule has 0 bridgehead atoms. The second-order valence-corrected chi connectivity index (χ2v) is 7.45. The summed E-state index contributed by atoms with van der Waals surface area (Å²) in [5, 5.41) is 4.08. The monoisotopic (exact) mass is 418 g/mol. The minimum Gasteiger partial charge on any atom is -0.399 e. The number of halogens is 2. The average Bonchev–Trinajstić information content (AvgIpc) is 2.70. The summed E-state index contributed by atoms with van der Waals surface area (Å²) in [5.74, 6) is -0.121. The maximum absolute atomic E-state index is 12.0. The normalized spacial score (nSPS) is 15.1. The van der Waals surface area contributed by atoms with E-state index in [-0.39, 0.29) is 5.91 Å². The Balaban J connectivity index is 1.39. The summed E-state index contributed by atoms with van der Waals surface area (Å²) in [4.78, 5) is 16.7. The van der Waals surface area contributed by atoms with Crippen molar-refractivity contribution in [2.24, 2.45) is 0 Å². The highest BCUT2D eigenvalue weighted by Gasteiger charge is 2.18. The molecule has 0 atom stereocenters. The van der Waals surface area contributed by atoms with E-state index in [1.165, 1.54) is 0 Å². The summed E-state index contributed by atoms with van der Waals surface area (Å²) in [6.07, 6.45) is 4.06. The summed E-state index contributed by atoms with van der Waals surface area (Å²) in [6, 6.07) is 12.7. The predicted molar refractivity (Wildman–Crippen MR) is 117 cm³/mol. The van der Waals surface area contributed by atoms with E-state index >= 15 is 0 Å². The molecule has 3 rings (SSSR count). The third-order valence-electron chi connectivity index (χ3n) is 4.70. The van der Waals surface area contributed by atoms with Gasteiger partial charge in [-0.2, -0.15) is 0 Å². The molecule has 1 fully saturated rings. The number of anilines is 2. The second-order valence-electron chi connectivity index (χ2n) is 6.67. The molecule has 28 heavy (non-hydrogen) atoms. The van der Waals surface area contributed by atoms with Gasteiger partial charge in [0.2, 0.25) is 0 Å². The lowest BCUT2D eigenvalue weighted by Gasteiger charge is -2.36. The number of carbonyl (C=O) groups excluding carboxylic acids is 1. The lowest BCUT2D eigenvalue weighted by atomic mass is 10.2. The fraction of sp³-hybridized carbons (Fsp3) is 0.286. The van der Waals surface area contributed by atoms with Crippen molar-refractivity contribution in [1.82, 2.24) is 10.2 Å². The highest BCUT2D eigenvalue weighted by atomic mass is 35.5. The van der Waals surface area contributed by atoms with Gasteiger partial charge < -0.3 is 16.0 Å². The van der Waals surface area contributed by atoms with Gasteiger partial charge in [0.25, 0.3) is 5.91 Å². The van der Waals surface area contributed by atoms with Crippen LogP contribution in [0.15, 0.2) is 54.6 Å². The van der Waals surface area contributed by atoms with Gasteiger partial charge in [-0.15, -0.1) is 0 Å². The number of nitrogen functional groups attached to an aromatic ring is 1. The van der Waals surface area contributed by atoms with E-state index in [2.05, 4.69) is 21.2 Å². The van der Waals surface area contributed by atoms with Crippen molar-refractivity contribution >= 4 is 40.5 Å². The van der Waals surface area contributed by atoms with Gasteiger partial charge in [-0.1, -0.05) is 47.5 Å². The molecule has 1 aliphatic heterocycles. The summed E-state index contributed by atoms with van der Waals surface area (Å²) in [5.41, 5.74) is 7.85. The first-order chi connectivity index (χ1) is 13.5. The molecule has 0 aliphatic carbocycles. The van der Waals surface area contributed by atoms with Crippen LogP contribution in [-0.2, 0) is 0 Å². The van der Waals surface area contributed by atoms with Gasteiger partial charge in [-0.3, -0.25) is 9.69 Å². The van der Waals surface area contributed by atoms with Gasteiger partial charge in [-0.25, -0.2) is 0 Å². The quantitative estimate of drug-likeness (QED) is 0.554. The number of hydrogen-bond donors (Lipinski definition) is 2. The fourth-order valence-electron chi connectivity index (χ4n) is 3.15. The Kier molecular flexibility index (Phi) is 7.20. The third kappa shape index (κ3) is 5.41. The first-order valence-corrected chi connectivity index (χ1v) is 10.0. The molecule has 0 radical (unpaired) electrons. The van der Waals surface area contributed by atoms with E-state index in [9.17, 15) is 4.79 Å². The molecule has 1 aliphatic rings. The molecule has 3 N–H and O–H groups in total. The van der Waals surface area contributed by atoms with Crippen molar-refractivity contribution < 1.29 is 4.79 Å². The number of nitrogens with one attached hydrogen (secondary N) is 1. The zero-order valence-corrected chi connectivity index (χ0v) is 17.1. The summed E-state index contributed by atoms with van der Waals surface area (Å²) in [7, 11) is 0. The maximum atomic E-state index is 12.0. The van der Waals surface area contributed by atoms with Crippen molar-refractivity contribution in [3.05, 3.63) is 70.2 Å². The highest BCUT2D eigenvalue weighted by Crippen LogP contribution is 2.32. The number of piperazine rings is 1. The lowest BCUT2D eigenvalue weighted by Crippen LogP contribution is -2.46. The Bertz CT molecular complexity index is 848. The summed E-state index contributed by atoms with van der Waals surface area (Å²) >= 11 is 12.4. The van der Waals surface area contributed by atoms with Crippen LogP contribution in [0.1, 0.15) is 10.4 Å². The van der Waals surface area contributed by atoms with E-state index in [1.807, 2.05) is 18.2 Å². The van der Waals surface area contributed by atoms with E-state index in [0.717, 1.165) is 38.4 Å². The van der Waals surface area contributed by atoms with Crippen molar-refractivity contribution in [3.63, 3.8) is 0 Å². The molecule has 1 amide bonds. The number of benzene rings is 2. The van der Waals surface area contributed by atoms with Gasteiger partial charge in [0.15, 0.2) is 0 Å².